The number of benzene rings is 3. The van der Waals surface area contributed by atoms with Gasteiger partial charge < -0.3 is 5.32 Å². The first kappa shape index (κ1) is 15.0. The number of anilines is 1. The minimum absolute atomic E-state index is 0.314. The topological polar surface area (TPSA) is 12.0 Å². The van der Waals surface area contributed by atoms with Crippen LogP contribution in [0, 0.1) is 12.8 Å². The Morgan fingerprint density at radius 1 is 1.00 bits per heavy atom. The Bertz CT molecular complexity index is 1000. The molecule has 1 heterocycles. The van der Waals surface area contributed by atoms with Gasteiger partial charge in [-0.2, -0.15) is 0 Å². The molecule has 1 nitrogen and oxygen atoms in total. The van der Waals surface area contributed by atoms with Crippen LogP contribution in [0.5, 0.6) is 0 Å². The zero-order valence-corrected chi connectivity index (χ0v) is 14.9. The highest BCUT2D eigenvalue weighted by molar-refractivity contribution is 6.31. The molecule has 0 spiro atoms. The fourth-order valence-corrected chi connectivity index (χ4v) is 4.68. The van der Waals surface area contributed by atoms with Gasteiger partial charge in [0.05, 0.1) is 6.04 Å². The van der Waals surface area contributed by atoms with Crippen LogP contribution in [0.3, 0.4) is 0 Å². The van der Waals surface area contributed by atoms with Gasteiger partial charge in [0.15, 0.2) is 0 Å². The summed E-state index contributed by atoms with van der Waals surface area (Å²) in [5, 5.41) is 7.27. The van der Waals surface area contributed by atoms with Crippen LogP contribution in [-0.4, -0.2) is 0 Å². The van der Waals surface area contributed by atoms with Gasteiger partial charge in [0.25, 0.3) is 0 Å². The Labute approximate surface area is 153 Å². The van der Waals surface area contributed by atoms with E-state index in [1.54, 1.807) is 0 Å². The van der Waals surface area contributed by atoms with E-state index in [9.17, 15) is 0 Å². The second-order valence-electron chi connectivity index (χ2n) is 7.22. The summed E-state index contributed by atoms with van der Waals surface area (Å²) in [6.45, 7) is 2.12. The number of hydrogen-bond donors (Lipinski definition) is 1. The lowest BCUT2D eigenvalue weighted by molar-refractivity contribution is 0.425. The predicted octanol–water partition coefficient (Wildman–Crippen LogP) is 6.63. The summed E-state index contributed by atoms with van der Waals surface area (Å²) in [5.74, 6) is 1.04. The highest BCUT2D eigenvalue weighted by atomic mass is 35.5. The summed E-state index contributed by atoms with van der Waals surface area (Å²) in [5.41, 5.74) is 5.13. The largest absolute Gasteiger partial charge is 0.377 e. The first-order chi connectivity index (χ1) is 12.2. The van der Waals surface area contributed by atoms with Crippen LogP contribution in [-0.2, 0) is 0 Å². The molecular weight excluding hydrogens is 326 g/mol. The Morgan fingerprint density at radius 2 is 1.84 bits per heavy atom. The number of nitrogens with one attached hydrogen (secondary N) is 1. The summed E-state index contributed by atoms with van der Waals surface area (Å²) in [6.07, 6.45) is 5.84. The summed E-state index contributed by atoms with van der Waals surface area (Å²) >= 11 is 6.40. The summed E-state index contributed by atoms with van der Waals surface area (Å²) in [6, 6.07) is 20.0. The highest BCUT2D eigenvalue weighted by Gasteiger charge is 2.38. The molecule has 3 unspecified atom stereocenters. The Hall–Kier alpha value is -2.25. The van der Waals surface area contributed by atoms with E-state index in [0.29, 0.717) is 17.9 Å². The van der Waals surface area contributed by atoms with Gasteiger partial charge in [0.2, 0.25) is 0 Å². The summed E-state index contributed by atoms with van der Waals surface area (Å²) in [7, 11) is 0. The number of allylic oxidation sites excluding steroid dienone is 2. The third-order valence-corrected chi connectivity index (χ3v) is 6.27. The van der Waals surface area contributed by atoms with Gasteiger partial charge in [-0.25, -0.2) is 0 Å². The number of hydrogen-bond acceptors (Lipinski definition) is 1. The Balaban J connectivity index is 1.65. The average molecular weight is 346 g/mol. The van der Waals surface area contributed by atoms with E-state index in [-0.39, 0.29) is 0 Å². The van der Waals surface area contributed by atoms with Crippen molar-refractivity contribution in [1.82, 2.24) is 0 Å². The molecule has 0 amide bonds. The first-order valence-corrected chi connectivity index (χ1v) is 9.31. The third kappa shape index (κ3) is 2.30. The molecule has 1 N–H and O–H groups in total. The SMILES string of the molecule is Cc1c(Cl)ccc2c1NC(c1ccc3ccccc3c1)C1CC=CC21. The molecule has 1 aliphatic carbocycles. The van der Waals surface area contributed by atoms with Crippen molar-refractivity contribution in [2.24, 2.45) is 5.92 Å². The molecule has 2 aliphatic rings. The average Bonchev–Trinajstić information content (AvgIpc) is 3.13. The van der Waals surface area contributed by atoms with Crippen molar-refractivity contribution in [2.45, 2.75) is 25.3 Å². The molecule has 3 atom stereocenters. The van der Waals surface area contributed by atoms with Crippen molar-refractivity contribution < 1.29 is 0 Å². The van der Waals surface area contributed by atoms with Crippen LogP contribution in [0.25, 0.3) is 10.8 Å². The normalized spacial score (nSPS) is 24.0. The van der Waals surface area contributed by atoms with Crippen LogP contribution < -0.4 is 5.32 Å². The third-order valence-electron chi connectivity index (χ3n) is 5.86. The molecule has 3 aromatic carbocycles. The second-order valence-corrected chi connectivity index (χ2v) is 7.63. The smallest absolute Gasteiger partial charge is 0.0554 e. The molecule has 0 saturated heterocycles. The van der Waals surface area contributed by atoms with Gasteiger partial charge in [-0.05, 0) is 58.9 Å². The molecule has 0 aromatic heterocycles. The van der Waals surface area contributed by atoms with E-state index < -0.39 is 0 Å². The molecule has 5 rings (SSSR count). The number of halogens is 1. The van der Waals surface area contributed by atoms with Crippen molar-refractivity contribution in [3.63, 3.8) is 0 Å². The lowest BCUT2D eigenvalue weighted by atomic mass is 9.76. The number of rotatable bonds is 1. The fourth-order valence-electron chi connectivity index (χ4n) is 4.52. The zero-order chi connectivity index (χ0) is 17.0. The van der Waals surface area contributed by atoms with E-state index >= 15 is 0 Å². The molecule has 1 aliphatic heterocycles. The predicted molar refractivity (Wildman–Crippen MR) is 106 cm³/mol. The maximum Gasteiger partial charge on any atom is 0.0554 e. The fraction of sp³-hybridized carbons (Fsp3) is 0.217. The molecule has 25 heavy (non-hydrogen) atoms. The quantitative estimate of drug-likeness (QED) is 0.488. The van der Waals surface area contributed by atoms with Crippen LogP contribution in [0.2, 0.25) is 5.02 Å². The van der Waals surface area contributed by atoms with Crippen molar-refractivity contribution in [3.05, 3.63) is 88.5 Å². The maximum absolute atomic E-state index is 6.40. The lowest BCUT2D eigenvalue weighted by Gasteiger charge is -2.38. The van der Waals surface area contributed by atoms with Crippen molar-refractivity contribution >= 4 is 28.1 Å². The van der Waals surface area contributed by atoms with Crippen molar-refractivity contribution in [1.29, 1.82) is 0 Å². The van der Waals surface area contributed by atoms with E-state index in [4.69, 9.17) is 11.6 Å². The van der Waals surface area contributed by atoms with E-state index in [2.05, 4.69) is 72.9 Å². The van der Waals surface area contributed by atoms with Crippen LogP contribution in [0.1, 0.15) is 35.1 Å². The van der Waals surface area contributed by atoms with Crippen molar-refractivity contribution in [3.8, 4) is 0 Å². The van der Waals surface area contributed by atoms with Gasteiger partial charge in [0, 0.05) is 16.6 Å². The zero-order valence-electron chi connectivity index (χ0n) is 14.2. The van der Waals surface area contributed by atoms with Gasteiger partial charge >= 0.3 is 0 Å². The molecule has 124 valence electrons. The molecule has 0 fully saturated rings. The molecule has 0 saturated carbocycles. The van der Waals surface area contributed by atoms with E-state index in [1.807, 2.05) is 6.07 Å². The first-order valence-electron chi connectivity index (χ1n) is 8.93. The maximum atomic E-state index is 6.40. The monoisotopic (exact) mass is 345 g/mol. The standard InChI is InChI=1S/C23H20ClN/c1-14-21(24)12-11-20-18-7-4-8-19(18)23(25-22(14)20)17-10-9-15-5-2-3-6-16(15)13-17/h2-7,9-13,18-19,23,25H,8H2,1H3. The van der Waals surface area contributed by atoms with Gasteiger partial charge in [-0.1, -0.05) is 66.2 Å². The Kier molecular flexibility index (Phi) is 3.39. The van der Waals surface area contributed by atoms with Crippen molar-refractivity contribution in [2.75, 3.05) is 5.32 Å². The van der Waals surface area contributed by atoms with E-state index in [0.717, 1.165) is 17.0 Å². The minimum Gasteiger partial charge on any atom is -0.377 e. The lowest BCUT2D eigenvalue weighted by Crippen LogP contribution is -2.29. The van der Waals surface area contributed by atoms with Gasteiger partial charge in [-0.15, -0.1) is 0 Å². The van der Waals surface area contributed by atoms with Crippen LogP contribution in [0.4, 0.5) is 5.69 Å². The second kappa shape index (κ2) is 5.64. The molecular formula is C23H20ClN. The molecule has 3 aromatic rings. The van der Waals surface area contributed by atoms with Crippen LogP contribution in [0.15, 0.2) is 66.7 Å². The molecule has 0 radical (unpaired) electrons. The summed E-state index contributed by atoms with van der Waals surface area (Å²) in [4.78, 5) is 0. The van der Waals surface area contributed by atoms with Crippen LogP contribution >= 0.6 is 11.6 Å². The number of fused-ring (bicyclic) bond motifs is 4. The Morgan fingerprint density at radius 3 is 2.72 bits per heavy atom. The molecule has 0 bridgehead atoms. The summed E-state index contributed by atoms with van der Waals surface area (Å²) < 4.78 is 0. The molecule has 2 heteroatoms. The highest BCUT2D eigenvalue weighted by Crippen LogP contribution is 2.51. The van der Waals surface area contributed by atoms with Gasteiger partial charge in [0.1, 0.15) is 0 Å². The minimum atomic E-state index is 0.314. The van der Waals surface area contributed by atoms with Gasteiger partial charge in [-0.3, -0.25) is 0 Å². The van der Waals surface area contributed by atoms with E-state index in [1.165, 1.54) is 27.6 Å².